The van der Waals surface area contributed by atoms with E-state index in [9.17, 15) is 4.79 Å². The van der Waals surface area contributed by atoms with E-state index in [1.54, 1.807) is 28.9 Å². The zero-order valence-electron chi connectivity index (χ0n) is 11.9. The van der Waals surface area contributed by atoms with Crippen LogP contribution < -0.4 is 5.73 Å². The number of nitrogens with two attached hydrogens (primary N) is 1. The molecule has 2 N–H and O–H groups in total. The minimum atomic E-state index is -0.0464. The van der Waals surface area contributed by atoms with Crippen molar-refractivity contribution in [2.24, 2.45) is 7.05 Å². The number of hydrogen-bond acceptors (Lipinski definition) is 3. The predicted molar refractivity (Wildman–Crippen MR) is 79.1 cm³/mol. The van der Waals surface area contributed by atoms with Crippen LogP contribution in [0.5, 0.6) is 0 Å². The van der Waals surface area contributed by atoms with Crippen molar-refractivity contribution in [1.82, 2.24) is 14.7 Å². The second kappa shape index (κ2) is 6.23. The molecule has 0 radical (unpaired) electrons. The monoisotopic (exact) mass is 272 g/mol. The number of aromatic nitrogens is 2. The lowest BCUT2D eigenvalue weighted by molar-refractivity contribution is 0.0736. The van der Waals surface area contributed by atoms with Gasteiger partial charge in [0.2, 0.25) is 0 Å². The Hall–Kier alpha value is -2.30. The third kappa shape index (κ3) is 3.38. The van der Waals surface area contributed by atoms with Crippen LogP contribution in [0.1, 0.15) is 29.4 Å². The van der Waals surface area contributed by atoms with Crippen LogP contribution in [0.3, 0.4) is 0 Å². The first-order chi connectivity index (χ1) is 9.60. The third-order valence-corrected chi connectivity index (χ3v) is 3.04. The molecule has 2 aromatic rings. The standard InChI is InChI=1S/C15H20N4O/c1-3-8-19(11-12-5-4-6-13(16)10-12)15(20)14-7-9-18(2)17-14/h4-7,9-10H,3,8,11,16H2,1-2H3. The van der Waals surface area contributed by atoms with Crippen molar-refractivity contribution >= 4 is 11.6 Å². The highest BCUT2D eigenvalue weighted by Gasteiger charge is 2.17. The van der Waals surface area contributed by atoms with Crippen LogP contribution in [-0.2, 0) is 13.6 Å². The van der Waals surface area contributed by atoms with Crippen LogP contribution in [0.2, 0.25) is 0 Å². The van der Waals surface area contributed by atoms with Gasteiger partial charge in [-0.1, -0.05) is 19.1 Å². The van der Waals surface area contributed by atoms with Gasteiger partial charge in [-0.3, -0.25) is 9.48 Å². The Balaban J connectivity index is 2.16. The number of hydrogen-bond donors (Lipinski definition) is 1. The third-order valence-electron chi connectivity index (χ3n) is 3.04. The zero-order valence-corrected chi connectivity index (χ0v) is 11.9. The number of nitrogen functional groups attached to an aromatic ring is 1. The molecule has 1 aromatic carbocycles. The molecule has 0 aliphatic heterocycles. The minimum absolute atomic E-state index is 0.0464. The summed E-state index contributed by atoms with van der Waals surface area (Å²) in [6, 6.07) is 9.36. The van der Waals surface area contributed by atoms with Crippen LogP contribution in [0.15, 0.2) is 36.5 Å². The second-order valence-electron chi connectivity index (χ2n) is 4.85. The molecule has 5 nitrogen and oxygen atoms in total. The van der Waals surface area contributed by atoms with Gasteiger partial charge in [-0.2, -0.15) is 5.10 Å². The van der Waals surface area contributed by atoms with Crippen LogP contribution in [0, 0.1) is 0 Å². The highest BCUT2D eigenvalue weighted by Crippen LogP contribution is 2.12. The molecule has 0 fully saturated rings. The van der Waals surface area contributed by atoms with E-state index in [0.717, 1.165) is 12.0 Å². The predicted octanol–water partition coefficient (Wildman–Crippen LogP) is 2.05. The number of amides is 1. The van der Waals surface area contributed by atoms with Gasteiger partial charge in [0.1, 0.15) is 5.69 Å². The molecular weight excluding hydrogens is 252 g/mol. The average molecular weight is 272 g/mol. The van der Waals surface area contributed by atoms with E-state index in [4.69, 9.17) is 5.73 Å². The van der Waals surface area contributed by atoms with Gasteiger partial charge < -0.3 is 10.6 Å². The van der Waals surface area contributed by atoms with E-state index in [0.29, 0.717) is 24.5 Å². The molecule has 0 spiro atoms. The van der Waals surface area contributed by atoms with E-state index in [2.05, 4.69) is 12.0 Å². The normalized spacial score (nSPS) is 10.5. The van der Waals surface area contributed by atoms with Gasteiger partial charge in [-0.05, 0) is 30.2 Å². The first-order valence-corrected chi connectivity index (χ1v) is 6.73. The largest absolute Gasteiger partial charge is 0.399 e. The summed E-state index contributed by atoms with van der Waals surface area (Å²) in [7, 11) is 1.80. The maximum absolute atomic E-state index is 12.5. The summed E-state index contributed by atoms with van der Waals surface area (Å²) < 4.78 is 1.64. The molecule has 1 aromatic heterocycles. The topological polar surface area (TPSA) is 64.2 Å². The lowest BCUT2D eigenvalue weighted by atomic mass is 10.2. The average Bonchev–Trinajstić information content (AvgIpc) is 2.84. The Morgan fingerprint density at radius 1 is 1.40 bits per heavy atom. The summed E-state index contributed by atoms with van der Waals surface area (Å²) in [4.78, 5) is 14.3. The summed E-state index contributed by atoms with van der Waals surface area (Å²) in [5.41, 5.74) is 8.00. The van der Waals surface area contributed by atoms with Crippen molar-refractivity contribution in [2.75, 3.05) is 12.3 Å². The van der Waals surface area contributed by atoms with Gasteiger partial charge in [0.25, 0.3) is 5.91 Å². The van der Waals surface area contributed by atoms with Crippen LogP contribution in [-0.4, -0.2) is 27.1 Å². The fourth-order valence-corrected chi connectivity index (χ4v) is 2.13. The molecule has 1 heterocycles. The van der Waals surface area contributed by atoms with Gasteiger partial charge in [0.15, 0.2) is 0 Å². The van der Waals surface area contributed by atoms with Gasteiger partial charge in [-0.25, -0.2) is 0 Å². The van der Waals surface area contributed by atoms with Crippen molar-refractivity contribution in [1.29, 1.82) is 0 Å². The molecule has 0 unspecified atom stereocenters. The number of benzene rings is 1. The first kappa shape index (κ1) is 14.1. The smallest absolute Gasteiger partial charge is 0.274 e. The maximum Gasteiger partial charge on any atom is 0.274 e. The van der Waals surface area contributed by atoms with E-state index in [1.807, 2.05) is 24.3 Å². The fraction of sp³-hybridized carbons (Fsp3) is 0.333. The minimum Gasteiger partial charge on any atom is -0.399 e. The summed E-state index contributed by atoms with van der Waals surface area (Å²) in [5.74, 6) is -0.0464. The lowest BCUT2D eigenvalue weighted by Gasteiger charge is -2.21. The Bertz CT molecular complexity index is 591. The molecule has 2 rings (SSSR count). The van der Waals surface area contributed by atoms with Crippen molar-refractivity contribution in [2.45, 2.75) is 19.9 Å². The molecule has 0 atom stereocenters. The SMILES string of the molecule is CCCN(Cc1cccc(N)c1)C(=O)c1ccn(C)n1. The van der Waals surface area contributed by atoms with Gasteiger partial charge in [0, 0.05) is 32.0 Å². The number of rotatable bonds is 5. The molecule has 106 valence electrons. The fourth-order valence-electron chi connectivity index (χ4n) is 2.13. The highest BCUT2D eigenvalue weighted by molar-refractivity contribution is 5.92. The van der Waals surface area contributed by atoms with Crippen LogP contribution in [0.4, 0.5) is 5.69 Å². The number of anilines is 1. The first-order valence-electron chi connectivity index (χ1n) is 6.73. The molecule has 5 heteroatoms. The zero-order chi connectivity index (χ0) is 14.5. The summed E-state index contributed by atoms with van der Waals surface area (Å²) >= 11 is 0. The Morgan fingerprint density at radius 3 is 2.80 bits per heavy atom. The lowest BCUT2D eigenvalue weighted by Crippen LogP contribution is -2.31. The van der Waals surface area contributed by atoms with Crippen molar-refractivity contribution in [3.63, 3.8) is 0 Å². The summed E-state index contributed by atoms with van der Waals surface area (Å²) in [6.45, 7) is 3.30. The highest BCUT2D eigenvalue weighted by atomic mass is 16.2. The van der Waals surface area contributed by atoms with E-state index >= 15 is 0 Å². The number of carbonyl (C=O) groups excluding carboxylic acids is 1. The van der Waals surface area contributed by atoms with Crippen molar-refractivity contribution in [3.8, 4) is 0 Å². The Labute approximate surface area is 119 Å². The van der Waals surface area contributed by atoms with Crippen LogP contribution >= 0.6 is 0 Å². The second-order valence-corrected chi connectivity index (χ2v) is 4.85. The molecular formula is C15H20N4O. The van der Waals surface area contributed by atoms with Gasteiger partial charge in [0.05, 0.1) is 0 Å². The molecule has 0 saturated heterocycles. The van der Waals surface area contributed by atoms with E-state index in [-0.39, 0.29) is 5.91 Å². The van der Waals surface area contributed by atoms with Crippen molar-refractivity contribution < 1.29 is 4.79 Å². The molecule has 0 bridgehead atoms. The van der Waals surface area contributed by atoms with Gasteiger partial charge in [-0.15, -0.1) is 0 Å². The van der Waals surface area contributed by atoms with Crippen LogP contribution in [0.25, 0.3) is 0 Å². The van der Waals surface area contributed by atoms with Crippen molar-refractivity contribution in [3.05, 3.63) is 47.8 Å². The summed E-state index contributed by atoms with van der Waals surface area (Å²) in [6.07, 6.45) is 2.68. The Kier molecular flexibility index (Phi) is 4.40. The number of nitrogens with zero attached hydrogens (tertiary/aromatic N) is 3. The Morgan fingerprint density at radius 2 is 2.20 bits per heavy atom. The maximum atomic E-state index is 12.5. The molecule has 20 heavy (non-hydrogen) atoms. The molecule has 0 saturated carbocycles. The van der Waals surface area contributed by atoms with E-state index < -0.39 is 0 Å². The summed E-state index contributed by atoms with van der Waals surface area (Å²) in [5, 5.41) is 4.17. The number of carbonyl (C=O) groups is 1. The quantitative estimate of drug-likeness (QED) is 0.847. The van der Waals surface area contributed by atoms with E-state index in [1.165, 1.54) is 0 Å². The molecule has 1 amide bonds. The number of aryl methyl sites for hydroxylation is 1. The molecule has 0 aliphatic carbocycles. The van der Waals surface area contributed by atoms with Gasteiger partial charge >= 0.3 is 0 Å². The molecule has 0 aliphatic rings.